The lowest BCUT2D eigenvalue weighted by atomic mass is 9.70. The van der Waals surface area contributed by atoms with Crippen LogP contribution in [0.15, 0.2) is 42.5 Å². The number of benzene rings is 2. The number of fused-ring (bicyclic) bond motifs is 4. The number of rotatable bonds is 7. The molecule has 0 amide bonds. The summed E-state index contributed by atoms with van der Waals surface area (Å²) >= 11 is 0. The van der Waals surface area contributed by atoms with E-state index in [1.165, 1.54) is 0 Å². The van der Waals surface area contributed by atoms with E-state index in [0.29, 0.717) is 18.3 Å². The largest absolute Gasteiger partial charge is 0.490 e. The van der Waals surface area contributed by atoms with Gasteiger partial charge in [0.05, 0.1) is 18.8 Å². The van der Waals surface area contributed by atoms with Crippen molar-refractivity contribution in [3.8, 4) is 17.2 Å². The number of hydrogen-bond donors (Lipinski definition) is 1. The summed E-state index contributed by atoms with van der Waals surface area (Å²) in [6.07, 6.45) is 2.22. The van der Waals surface area contributed by atoms with Crippen LogP contribution in [0.1, 0.15) is 50.8 Å². The summed E-state index contributed by atoms with van der Waals surface area (Å²) < 4.78 is 24.8. The van der Waals surface area contributed by atoms with Crippen LogP contribution in [0.25, 0.3) is 0 Å². The van der Waals surface area contributed by atoms with Gasteiger partial charge in [-0.1, -0.05) is 30.3 Å². The Morgan fingerprint density at radius 3 is 2.74 bits per heavy atom. The maximum Gasteiger partial charge on any atom is 0.341 e. The summed E-state index contributed by atoms with van der Waals surface area (Å²) in [5.41, 5.74) is 1.75. The molecule has 3 aliphatic rings. The van der Waals surface area contributed by atoms with E-state index in [4.69, 9.17) is 24.1 Å². The average molecular weight is 482 g/mol. The van der Waals surface area contributed by atoms with Gasteiger partial charge in [0.15, 0.2) is 18.1 Å². The zero-order valence-electron chi connectivity index (χ0n) is 20.7. The average Bonchev–Trinajstić information content (AvgIpc) is 2.83. The molecule has 0 spiro atoms. The first kappa shape index (κ1) is 23.9. The van der Waals surface area contributed by atoms with Crippen molar-refractivity contribution >= 4 is 5.97 Å². The van der Waals surface area contributed by atoms with Crippen LogP contribution in [0, 0.1) is 11.8 Å². The second-order valence-electron chi connectivity index (χ2n) is 10.3. The molecule has 0 radical (unpaired) electrons. The number of carboxylic acids is 1. The Kier molecular flexibility index (Phi) is 6.64. The minimum atomic E-state index is -0.971. The Hall–Kier alpha value is -2.77. The lowest BCUT2D eigenvalue weighted by molar-refractivity contribution is -0.188. The van der Waals surface area contributed by atoms with Crippen LogP contribution >= 0.6 is 0 Å². The van der Waals surface area contributed by atoms with Crippen LogP contribution in [0.4, 0.5) is 0 Å². The molecule has 5 rings (SSSR count). The van der Waals surface area contributed by atoms with Crippen molar-refractivity contribution < 1.29 is 28.8 Å². The molecule has 0 bridgehead atoms. The van der Waals surface area contributed by atoms with E-state index in [9.17, 15) is 4.79 Å². The number of carboxylic acid groups (broad SMARTS) is 1. The molecule has 0 unspecified atom stereocenters. The van der Waals surface area contributed by atoms with Gasteiger partial charge in [0.25, 0.3) is 0 Å². The van der Waals surface area contributed by atoms with Gasteiger partial charge in [-0.05, 0) is 51.7 Å². The predicted octanol–water partition coefficient (Wildman–Crippen LogP) is 4.69. The number of nitrogens with zero attached hydrogens (tertiary/aromatic N) is 1. The van der Waals surface area contributed by atoms with Crippen molar-refractivity contribution in [2.24, 2.45) is 11.8 Å². The zero-order valence-corrected chi connectivity index (χ0v) is 20.7. The van der Waals surface area contributed by atoms with Gasteiger partial charge in [0, 0.05) is 36.7 Å². The molecule has 3 heterocycles. The van der Waals surface area contributed by atoms with Crippen molar-refractivity contribution in [3.63, 3.8) is 0 Å². The van der Waals surface area contributed by atoms with E-state index in [1.807, 2.05) is 43.3 Å². The first-order valence-electron chi connectivity index (χ1n) is 12.6. The monoisotopic (exact) mass is 481 g/mol. The maximum absolute atomic E-state index is 11.0. The molecular weight excluding hydrogens is 446 g/mol. The molecule has 2 aromatic carbocycles. The Bertz CT molecular complexity index is 1070. The van der Waals surface area contributed by atoms with E-state index in [-0.39, 0.29) is 30.3 Å². The Morgan fingerprint density at radius 1 is 1.14 bits per heavy atom. The molecule has 0 aliphatic carbocycles. The Labute approximate surface area is 206 Å². The summed E-state index contributed by atoms with van der Waals surface area (Å²) in [7, 11) is 0. The van der Waals surface area contributed by atoms with Crippen LogP contribution in [0.5, 0.6) is 17.2 Å². The molecule has 2 fully saturated rings. The van der Waals surface area contributed by atoms with Gasteiger partial charge < -0.3 is 24.1 Å². The summed E-state index contributed by atoms with van der Waals surface area (Å²) in [6.45, 7) is 9.17. The third-order valence-electron chi connectivity index (χ3n) is 7.58. The van der Waals surface area contributed by atoms with Crippen LogP contribution in [0.2, 0.25) is 0 Å². The second kappa shape index (κ2) is 9.70. The fourth-order valence-electron chi connectivity index (χ4n) is 5.94. The highest BCUT2D eigenvalue weighted by Crippen LogP contribution is 2.55. The molecular formula is C28H35NO6. The molecule has 7 heteroatoms. The van der Waals surface area contributed by atoms with Gasteiger partial charge in [0.1, 0.15) is 11.4 Å². The lowest BCUT2D eigenvalue weighted by Crippen LogP contribution is -2.55. The van der Waals surface area contributed by atoms with Crippen molar-refractivity contribution in [2.75, 3.05) is 26.3 Å². The fraction of sp³-hybridized carbons (Fsp3) is 0.536. The number of piperidine rings is 1. The maximum atomic E-state index is 11.0. The molecule has 0 aromatic heterocycles. The van der Waals surface area contributed by atoms with E-state index >= 15 is 0 Å². The quantitative estimate of drug-likeness (QED) is 0.615. The molecule has 2 saturated heterocycles. The van der Waals surface area contributed by atoms with Crippen molar-refractivity contribution in [3.05, 3.63) is 53.6 Å². The van der Waals surface area contributed by atoms with E-state index in [1.54, 1.807) is 0 Å². The van der Waals surface area contributed by atoms with E-state index in [0.717, 1.165) is 55.1 Å². The first-order valence-corrected chi connectivity index (χ1v) is 12.6. The van der Waals surface area contributed by atoms with Crippen molar-refractivity contribution in [1.82, 2.24) is 4.90 Å². The number of aliphatic carboxylic acids is 1. The van der Waals surface area contributed by atoms with Gasteiger partial charge in [-0.15, -0.1) is 0 Å². The van der Waals surface area contributed by atoms with Crippen molar-refractivity contribution in [1.29, 1.82) is 0 Å². The van der Waals surface area contributed by atoms with Gasteiger partial charge >= 0.3 is 5.97 Å². The SMILES string of the molecule is CCOc1cccc2c1OC(C)(C)[C@@H]1C[C@@H]3CN(Cc4ccccc4OCC(=O)O)CC[C@H]3O[C@@H]21. The Balaban J connectivity index is 1.31. The summed E-state index contributed by atoms with van der Waals surface area (Å²) in [5, 5.41) is 8.99. The first-order chi connectivity index (χ1) is 16.9. The number of para-hydroxylation sites is 2. The zero-order chi connectivity index (χ0) is 24.6. The predicted molar refractivity (Wildman–Crippen MR) is 131 cm³/mol. The molecule has 2 aromatic rings. The lowest BCUT2D eigenvalue weighted by Gasteiger charge is -2.53. The van der Waals surface area contributed by atoms with Gasteiger partial charge in [0.2, 0.25) is 0 Å². The molecule has 0 saturated carbocycles. The molecule has 35 heavy (non-hydrogen) atoms. The normalized spacial score (nSPS) is 27.1. The number of hydrogen-bond acceptors (Lipinski definition) is 6. The van der Waals surface area contributed by atoms with Gasteiger partial charge in [-0.3, -0.25) is 4.90 Å². The molecule has 188 valence electrons. The van der Waals surface area contributed by atoms with E-state index in [2.05, 4.69) is 24.8 Å². The van der Waals surface area contributed by atoms with Gasteiger partial charge in [-0.2, -0.15) is 0 Å². The summed E-state index contributed by atoms with van der Waals surface area (Å²) in [5.74, 6) is 1.95. The summed E-state index contributed by atoms with van der Waals surface area (Å²) in [4.78, 5) is 13.4. The molecule has 7 nitrogen and oxygen atoms in total. The smallest absolute Gasteiger partial charge is 0.341 e. The van der Waals surface area contributed by atoms with Crippen LogP contribution in [0.3, 0.4) is 0 Å². The highest BCUT2D eigenvalue weighted by atomic mass is 16.5. The van der Waals surface area contributed by atoms with Gasteiger partial charge in [-0.25, -0.2) is 4.79 Å². The highest BCUT2D eigenvalue weighted by Gasteiger charge is 2.51. The number of carbonyl (C=O) groups is 1. The molecule has 4 atom stereocenters. The minimum Gasteiger partial charge on any atom is -0.490 e. The van der Waals surface area contributed by atoms with Crippen LogP contribution in [-0.4, -0.2) is 54.0 Å². The third-order valence-corrected chi connectivity index (χ3v) is 7.58. The fourth-order valence-corrected chi connectivity index (χ4v) is 5.94. The second-order valence-corrected chi connectivity index (χ2v) is 10.3. The third kappa shape index (κ3) is 4.84. The molecule has 1 N–H and O–H groups in total. The number of ether oxygens (including phenoxy) is 4. The Morgan fingerprint density at radius 2 is 1.94 bits per heavy atom. The summed E-state index contributed by atoms with van der Waals surface area (Å²) in [6, 6.07) is 13.8. The topological polar surface area (TPSA) is 77.5 Å². The van der Waals surface area contributed by atoms with Crippen LogP contribution < -0.4 is 14.2 Å². The van der Waals surface area contributed by atoms with Crippen LogP contribution in [-0.2, 0) is 16.1 Å². The van der Waals surface area contributed by atoms with Crippen molar-refractivity contribution in [2.45, 2.75) is 58.0 Å². The highest BCUT2D eigenvalue weighted by molar-refractivity contribution is 5.68. The molecule has 3 aliphatic heterocycles. The minimum absolute atomic E-state index is 0.00657. The number of likely N-dealkylation sites (tertiary alicyclic amines) is 1. The standard InChI is InChI=1S/C28H35NO6/c1-4-32-24-11-7-9-20-26-21(28(2,3)35-27(20)24)14-19-16-29(13-12-23(19)34-26)15-18-8-5-6-10-22(18)33-17-25(30)31/h5-11,19,21,23,26H,4,12-17H2,1-3H3,(H,30,31)/t19-,21-,23-,26+/m1/s1. The van der Waals surface area contributed by atoms with E-state index < -0.39 is 5.97 Å².